The molecule has 2 heterocycles. The lowest BCUT2D eigenvalue weighted by Crippen LogP contribution is -2.11. The summed E-state index contributed by atoms with van der Waals surface area (Å²) in [6, 6.07) is 13.7. The summed E-state index contributed by atoms with van der Waals surface area (Å²) in [6.07, 6.45) is 1.53. The van der Waals surface area contributed by atoms with E-state index in [9.17, 15) is 8.42 Å². The van der Waals surface area contributed by atoms with E-state index in [1.807, 2.05) is 6.92 Å². The molecule has 0 unspecified atom stereocenters. The zero-order valence-electron chi connectivity index (χ0n) is 13.8. The third-order valence-electron chi connectivity index (χ3n) is 3.98. The largest absolute Gasteiger partial charge is 0.485 e. The fourth-order valence-corrected chi connectivity index (χ4v) is 4.01. The van der Waals surface area contributed by atoms with Crippen molar-refractivity contribution in [3.63, 3.8) is 0 Å². The molecule has 2 aromatic heterocycles. The molecule has 0 spiro atoms. The van der Waals surface area contributed by atoms with Crippen molar-refractivity contribution in [3.05, 3.63) is 66.1 Å². The minimum atomic E-state index is -3.69. The van der Waals surface area contributed by atoms with E-state index in [2.05, 4.69) is 20.6 Å². The molecule has 26 heavy (non-hydrogen) atoms. The van der Waals surface area contributed by atoms with Crippen LogP contribution in [0.4, 0.5) is 0 Å². The molecule has 1 N–H and O–H groups in total. The number of aromatic amines is 1. The molecule has 0 atom stereocenters. The van der Waals surface area contributed by atoms with Crippen molar-refractivity contribution in [2.24, 2.45) is 0 Å². The number of fused-ring (bicyclic) bond motifs is 1. The highest BCUT2D eigenvalue weighted by Gasteiger charge is 2.20. The molecule has 0 aliphatic rings. The zero-order chi connectivity index (χ0) is 18.1. The summed E-state index contributed by atoms with van der Waals surface area (Å²) in [6.45, 7) is 2.04. The van der Waals surface area contributed by atoms with Crippen LogP contribution in [-0.2, 0) is 16.6 Å². The van der Waals surface area contributed by atoms with Crippen molar-refractivity contribution in [2.75, 3.05) is 0 Å². The number of nitrogens with zero attached hydrogens (tertiary/aromatic N) is 4. The van der Waals surface area contributed by atoms with Crippen LogP contribution in [0.3, 0.4) is 0 Å². The van der Waals surface area contributed by atoms with Crippen LogP contribution in [0.5, 0.6) is 5.75 Å². The maximum absolute atomic E-state index is 13.0. The number of hydrogen-bond donors (Lipinski definition) is 1. The zero-order valence-corrected chi connectivity index (χ0v) is 14.6. The average molecular weight is 369 g/mol. The lowest BCUT2D eigenvalue weighted by Gasteiger charge is -2.09. The minimum absolute atomic E-state index is 0.130. The van der Waals surface area contributed by atoms with Gasteiger partial charge in [-0.2, -0.15) is 5.21 Å². The number of hydrogen-bond acceptors (Lipinski definition) is 6. The predicted molar refractivity (Wildman–Crippen MR) is 94.2 cm³/mol. The van der Waals surface area contributed by atoms with Gasteiger partial charge in [0.15, 0.2) is 6.61 Å². The van der Waals surface area contributed by atoms with Crippen molar-refractivity contribution >= 4 is 20.9 Å². The maximum Gasteiger partial charge on any atom is 0.268 e. The van der Waals surface area contributed by atoms with E-state index in [4.69, 9.17) is 4.74 Å². The average Bonchev–Trinajstić information content (AvgIpc) is 3.30. The highest BCUT2D eigenvalue weighted by molar-refractivity contribution is 7.90. The maximum atomic E-state index is 13.0. The summed E-state index contributed by atoms with van der Waals surface area (Å²) in [7, 11) is -3.69. The molecular weight excluding hydrogens is 354 g/mol. The molecule has 0 aliphatic heterocycles. The van der Waals surface area contributed by atoms with Gasteiger partial charge in [0.25, 0.3) is 10.0 Å². The van der Waals surface area contributed by atoms with Gasteiger partial charge in [0.05, 0.1) is 10.4 Å². The molecule has 0 amide bonds. The number of benzene rings is 2. The SMILES string of the molecule is Cc1ccc(S(=O)(=O)n2ccc3c(OCc4nn[nH]n4)cccc32)cc1. The van der Waals surface area contributed by atoms with Gasteiger partial charge in [0.2, 0.25) is 5.82 Å². The molecular formula is C17H15N5O3S. The lowest BCUT2D eigenvalue weighted by molar-refractivity contribution is 0.299. The number of nitrogens with one attached hydrogen (secondary N) is 1. The second-order valence-electron chi connectivity index (χ2n) is 5.74. The van der Waals surface area contributed by atoms with Crippen LogP contribution in [0.1, 0.15) is 11.4 Å². The van der Waals surface area contributed by atoms with Gasteiger partial charge in [0.1, 0.15) is 5.75 Å². The van der Waals surface area contributed by atoms with Crippen LogP contribution < -0.4 is 4.74 Å². The van der Waals surface area contributed by atoms with Crippen molar-refractivity contribution in [3.8, 4) is 5.75 Å². The summed E-state index contributed by atoms with van der Waals surface area (Å²) in [4.78, 5) is 0.235. The van der Waals surface area contributed by atoms with Gasteiger partial charge >= 0.3 is 0 Å². The fraction of sp³-hybridized carbons (Fsp3) is 0.118. The van der Waals surface area contributed by atoms with Crippen LogP contribution in [0, 0.1) is 6.92 Å². The van der Waals surface area contributed by atoms with E-state index < -0.39 is 10.0 Å². The predicted octanol–water partition coefficient (Wildman–Crippen LogP) is 2.28. The molecule has 9 heteroatoms. The van der Waals surface area contributed by atoms with Gasteiger partial charge in [-0.25, -0.2) is 12.4 Å². The van der Waals surface area contributed by atoms with E-state index in [1.165, 1.54) is 10.2 Å². The Morgan fingerprint density at radius 2 is 1.92 bits per heavy atom. The van der Waals surface area contributed by atoms with Gasteiger partial charge in [-0.15, -0.1) is 10.2 Å². The Morgan fingerprint density at radius 3 is 2.65 bits per heavy atom. The number of aryl methyl sites for hydroxylation is 1. The fourth-order valence-electron chi connectivity index (χ4n) is 2.66. The summed E-state index contributed by atoms with van der Waals surface area (Å²) in [5.74, 6) is 0.957. The monoisotopic (exact) mass is 369 g/mol. The van der Waals surface area contributed by atoms with Crippen molar-refractivity contribution in [2.45, 2.75) is 18.4 Å². The Bertz CT molecular complexity index is 1150. The second kappa shape index (κ2) is 6.26. The van der Waals surface area contributed by atoms with Crippen molar-refractivity contribution < 1.29 is 13.2 Å². The van der Waals surface area contributed by atoms with Gasteiger partial charge < -0.3 is 4.74 Å². The topological polar surface area (TPSA) is 103 Å². The van der Waals surface area contributed by atoms with Crippen LogP contribution in [0.15, 0.2) is 59.6 Å². The van der Waals surface area contributed by atoms with Crippen LogP contribution in [0.2, 0.25) is 0 Å². The standard InChI is InChI=1S/C17H15N5O3S/c1-12-5-7-13(8-6-12)26(23,24)22-10-9-14-15(22)3-2-4-16(14)25-11-17-18-20-21-19-17/h2-10H,11H2,1H3,(H,18,19,20,21). The molecule has 2 aromatic carbocycles. The summed E-state index contributed by atoms with van der Waals surface area (Å²) in [5, 5.41) is 14.2. The molecule has 4 aromatic rings. The third kappa shape index (κ3) is 2.82. The van der Waals surface area contributed by atoms with Gasteiger partial charge in [0, 0.05) is 11.6 Å². The Morgan fingerprint density at radius 1 is 1.12 bits per heavy atom. The number of aromatic nitrogens is 5. The van der Waals surface area contributed by atoms with Crippen LogP contribution in [-0.4, -0.2) is 33.0 Å². The summed E-state index contributed by atoms with van der Waals surface area (Å²) >= 11 is 0. The van der Waals surface area contributed by atoms with Crippen molar-refractivity contribution in [1.82, 2.24) is 24.6 Å². The first kappa shape index (κ1) is 16.3. The molecule has 0 bridgehead atoms. The third-order valence-corrected chi connectivity index (χ3v) is 5.69. The first-order valence-corrected chi connectivity index (χ1v) is 9.27. The quantitative estimate of drug-likeness (QED) is 0.579. The van der Waals surface area contributed by atoms with Gasteiger partial charge in [-0.3, -0.25) is 0 Å². The normalized spacial score (nSPS) is 11.7. The van der Waals surface area contributed by atoms with E-state index in [0.29, 0.717) is 22.5 Å². The highest BCUT2D eigenvalue weighted by atomic mass is 32.2. The highest BCUT2D eigenvalue weighted by Crippen LogP contribution is 2.29. The number of ether oxygens (including phenoxy) is 1. The second-order valence-corrected chi connectivity index (χ2v) is 7.55. The smallest absolute Gasteiger partial charge is 0.268 e. The minimum Gasteiger partial charge on any atom is -0.485 e. The first-order valence-electron chi connectivity index (χ1n) is 7.83. The van der Waals surface area contributed by atoms with E-state index in [0.717, 1.165) is 5.56 Å². The molecule has 0 fully saturated rings. The molecule has 132 valence electrons. The van der Waals surface area contributed by atoms with E-state index >= 15 is 0 Å². The Kier molecular flexibility index (Phi) is 3.92. The van der Waals surface area contributed by atoms with Crippen molar-refractivity contribution in [1.29, 1.82) is 0 Å². The first-order chi connectivity index (χ1) is 12.6. The number of tetrazole rings is 1. The summed E-state index contributed by atoms with van der Waals surface area (Å²) in [5.41, 5.74) is 1.54. The van der Waals surface area contributed by atoms with E-state index in [1.54, 1.807) is 48.5 Å². The Labute approximate surface area is 149 Å². The molecule has 0 aliphatic carbocycles. The number of H-pyrrole nitrogens is 1. The van der Waals surface area contributed by atoms with E-state index in [-0.39, 0.29) is 11.5 Å². The van der Waals surface area contributed by atoms with Gasteiger partial charge in [-0.1, -0.05) is 29.0 Å². The molecule has 0 saturated carbocycles. The molecule has 4 rings (SSSR count). The van der Waals surface area contributed by atoms with Crippen LogP contribution in [0.25, 0.3) is 10.9 Å². The molecule has 0 radical (unpaired) electrons. The molecule has 8 nitrogen and oxygen atoms in total. The van der Waals surface area contributed by atoms with Gasteiger partial charge in [-0.05, 0) is 37.3 Å². The molecule has 0 saturated heterocycles. The van der Waals surface area contributed by atoms with Crippen LogP contribution >= 0.6 is 0 Å². The lowest BCUT2D eigenvalue weighted by atomic mass is 10.2. The Hall–Kier alpha value is -3.20. The summed E-state index contributed by atoms with van der Waals surface area (Å²) < 4.78 is 32.9. The Balaban J connectivity index is 1.73. The number of rotatable bonds is 5.